The van der Waals surface area contributed by atoms with Crippen molar-refractivity contribution in [3.8, 4) is 11.5 Å². The number of piperidine rings is 1. The number of fused-ring (bicyclic) bond motifs is 1. The zero-order valence-corrected chi connectivity index (χ0v) is 20.8. The predicted molar refractivity (Wildman–Crippen MR) is 131 cm³/mol. The van der Waals surface area contributed by atoms with Gasteiger partial charge in [-0.25, -0.2) is 4.79 Å². The van der Waals surface area contributed by atoms with Gasteiger partial charge in [0.25, 0.3) is 0 Å². The van der Waals surface area contributed by atoms with Gasteiger partial charge in [0.05, 0.1) is 12.2 Å². The molecule has 190 valence electrons. The highest BCUT2D eigenvalue weighted by Gasteiger charge is 2.53. The Morgan fingerprint density at radius 1 is 1.21 bits per heavy atom. The molecule has 2 aliphatic carbocycles. The van der Waals surface area contributed by atoms with Gasteiger partial charge in [-0.05, 0) is 93.9 Å². The van der Waals surface area contributed by atoms with Crippen LogP contribution in [0.15, 0.2) is 18.2 Å². The smallest absolute Gasteiger partial charge is 0.409 e. The van der Waals surface area contributed by atoms with Gasteiger partial charge in [-0.15, -0.1) is 0 Å². The minimum absolute atomic E-state index is 0.0607. The zero-order chi connectivity index (χ0) is 24.3. The lowest BCUT2D eigenvalue weighted by atomic mass is 9.64. The van der Waals surface area contributed by atoms with Gasteiger partial charge in [0.2, 0.25) is 0 Å². The molecule has 1 saturated heterocycles. The molecule has 34 heavy (non-hydrogen) atoms. The van der Waals surface area contributed by atoms with Crippen LogP contribution in [0.25, 0.3) is 0 Å². The second-order valence-corrected chi connectivity index (χ2v) is 10.8. The van der Waals surface area contributed by atoms with Gasteiger partial charge < -0.3 is 25.0 Å². The first-order valence-electron chi connectivity index (χ1n) is 13.2. The van der Waals surface area contributed by atoms with Gasteiger partial charge in [0.1, 0.15) is 0 Å². The number of hydrogen-bond acceptors (Lipinski definition) is 6. The summed E-state index contributed by atoms with van der Waals surface area (Å²) in [6, 6.07) is 5.17. The molecule has 1 aromatic carbocycles. The van der Waals surface area contributed by atoms with Crippen molar-refractivity contribution in [2.75, 3.05) is 26.7 Å². The van der Waals surface area contributed by atoms with E-state index in [-0.39, 0.29) is 35.6 Å². The molecule has 0 bridgehead atoms. The number of ether oxygens (including phenoxy) is 1. The molecular formula is C27H42N2O5. The number of aliphatic hydroxyl groups is 1. The van der Waals surface area contributed by atoms with Crippen molar-refractivity contribution in [3.05, 3.63) is 23.8 Å². The fourth-order valence-electron chi connectivity index (χ4n) is 6.07. The molecule has 4 rings (SSSR count). The predicted octanol–water partition coefficient (Wildman–Crippen LogP) is 4.28. The van der Waals surface area contributed by atoms with Crippen LogP contribution in [0.4, 0.5) is 4.79 Å². The Morgan fingerprint density at radius 2 is 2.00 bits per heavy atom. The minimum Gasteiger partial charge on any atom is -0.504 e. The van der Waals surface area contributed by atoms with Crippen molar-refractivity contribution in [1.82, 2.24) is 9.80 Å². The van der Waals surface area contributed by atoms with Crippen molar-refractivity contribution in [1.29, 1.82) is 0 Å². The second kappa shape index (κ2) is 10.7. The first kappa shape index (κ1) is 25.1. The Balaban J connectivity index is 1.43. The van der Waals surface area contributed by atoms with Crippen LogP contribution in [-0.2, 0) is 11.2 Å². The summed E-state index contributed by atoms with van der Waals surface area (Å²) in [6.45, 7) is 4.57. The number of unbranched alkanes of at least 4 members (excludes halogenated alkanes) is 1. The molecule has 0 spiro atoms. The molecule has 0 radical (unpaired) electrons. The Kier molecular flexibility index (Phi) is 7.93. The highest BCUT2D eigenvalue weighted by Crippen LogP contribution is 2.47. The number of nitrogens with zero attached hydrogens (tertiary/aromatic N) is 2. The maximum atomic E-state index is 12.5. The summed E-state index contributed by atoms with van der Waals surface area (Å²) in [5.41, 5.74) is 0.200. The van der Waals surface area contributed by atoms with E-state index in [0.29, 0.717) is 13.0 Å². The molecule has 7 nitrogen and oxygen atoms in total. The number of carbonyl (C=O) groups is 1. The van der Waals surface area contributed by atoms with Crippen molar-refractivity contribution >= 4 is 6.09 Å². The van der Waals surface area contributed by atoms with Crippen LogP contribution in [-0.4, -0.2) is 75.6 Å². The fourth-order valence-corrected chi connectivity index (χ4v) is 6.07. The van der Waals surface area contributed by atoms with Crippen LogP contribution < -0.4 is 0 Å². The maximum Gasteiger partial charge on any atom is 0.409 e. The van der Waals surface area contributed by atoms with Crippen molar-refractivity contribution in [2.45, 2.75) is 88.8 Å². The van der Waals surface area contributed by atoms with Gasteiger partial charge >= 0.3 is 6.09 Å². The number of carbonyl (C=O) groups excluding carboxylic acids is 1. The third-order valence-corrected chi connectivity index (χ3v) is 8.42. The lowest BCUT2D eigenvalue weighted by Crippen LogP contribution is -2.64. The number of amides is 1. The largest absolute Gasteiger partial charge is 0.504 e. The number of aryl methyl sites for hydroxylation is 1. The van der Waals surface area contributed by atoms with Gasteiger partial charge in [0, 0.05) is 25.7 Å². The van der Waals surface area contributed by atoms with E-state index in [0.717, 1.165) is 69.5 Å². The van der Waals surface area contributed by atoms with E-state index in [1.807, 2.05) is 13.1 Å². The molecule has 7 heteroatoms. The number of benzene rings is 1. The Labute approximate surface area is 203 Å². The average molecular weight is 475 g/mol. The van der Waals surface area contributed by atoms with Gasteiger partial charge in [-0.1, -0.05) is 19.4 Å². The SMILES string of the molecule is CCCCOC(=O)N(C)C1CCC2(O)C(CCN(CC3CC3)[C@@H]2CCc2ccc(O)c(O)c2)C1. The highest BCUT2D eigenvalue weighted by atomic mass is 16.6. The van der Waals surface area contributed by atoms with Crippen LogP contribution in [0.1, 0.15) is 70.3 Å². The summed E-state index contributed by atoms with van der Waals surface area (Å²) >= 11 is 0. The van der Waals surface area contributed by atoms with E-state index in [9.17, 15) is 20.1 Å². The molecule has 1 aromatic rings. The maximum absolute atomic E-state index is 12.5. The van der Waals surface area contributed by atoms with Crippen molar-refractivity contribution in [2.24, 2.45) is 11.8 Å². The lowest BCUT2D eigenvalue weighted by molar-refractivity contribution is -0.152. The van der Waals surface area contributed by atoms with E-state index in [2.05, 4.69) is 11.8 Å². The molecule has 2 saturated carbocycles. The monoisotopic (exact) mass is 474 g/mol. The summed E-state index contributed by atoms with van der Waals surface area (Å²) in [5, 5.41) is 31.6. The summed E-state index contributed by atoms with van der Waals surface area (Å²) in [6.07, 6.45) is 8.96. The summed E-state index contributed by atoms with van der Waals surface area (Å²) in [4.78, 5) is 16.8. The second-order valence-electron chi connectivity index (χ2n) is 10.8. The van der Waals surface area contributed by atoms with E-state index in [4.69, 9.17) is 4.74 Å². The van der Waals surface area contributed by atoms with E-state index in [1.165, 1.54) is 18.9 Å². The molecule has 3 N–H and O–H groups in total. The van der Waals surface area contributed by atoms with Crippen LogP contribution >= 0.6 is 0 Å². The van der Waals surface area contributed by atoms with E-state index in [1.54, 1.807) is 11.0 Å². The van der Waals surface area contributed by atoms with Crippen LogP contribution in [0, 0.1) is 11.8 Å². The number of likely N-dealkylation sites (tertiary alicyclic amines) is 1. The van der Waals surface area contributed by atoms with Gasteiger partial charge in [-0.3, -0.25) is 4.90 Å². The zero-order valence-electron chi connectivity index (χ0n) is 20.8. The lowest BCUT2D eigenvalue weighted by Gasteiger charge is -2.56. The number of rotatable bonds is 9. The number of phenols is 2. The Hall–Kier alpha value is -1.99. The highest BCUT2D eigenvalue weighted by molar-refractivity contribution is 5.67. The summed E-state index contributed by atoms with van der Waals surface area (Å²) in [7, 11) is 1.83. The first-order chi connectivity index (χ1) is 16.3. The third kappa shape index (κ3) is 5.62. The number of aromatic hydroxyl groups is 2. The molecular weight excluding hydrogens is 432 g/mol. The number of phenolic OH excluding ortho intramolecular Hbond substituents is 2. The quantitative estimate of drug-likeness (QED) is 0.365. The molecule has 3 unspecified atom stereocenters. The topological polar surface area (TPSA) is 93.5 Å². The van der Waals surface area contributed by atoms with E-state index >= 15 is 0 Å². The first-order valence-corrected chi connectivity index (χ1v) is 13.2. The summed E-state index contributed by atoms with van der Waals surface area (Å²) in [5.74, 6) is 0.708. The normalized spacial score (nSPS) is 29.4. The molecule has 1 aliphatic heterocycles. The molecule has 0 aromatic heterocycles. The molecule has 3 fully saturated rings. The van der Waals surface area contributed by atoms with Crippen molar-refractivity contribution < 1.29 is 24.9 Å². The standard InChI is InChI=1S/C27H42N2O5/c1-3-4-15-34-26(32)28(2)22-11-13-27(33)21(17-22)12-14-29(18-20-5-6-20)25(27)10-8-19-7-9-23(30)24(31)16-19/h7,9,16,20-22,25,30-31,33H,3-6,8,10-15,17-18H2,1-2H3/t21?,22?,25-,27?/m1/s1. The van der Waals surface area contributed by atoms with Crippen LogP contribution in [0.2, 0.25) is 0 Å². The molecule has 3 aliphatic rings. The molecule has 1 amide bonds. The van der Waals surface area contributed by atoms with Crippen LogP contribution in [0.5, 0.6) is 11.5 Å². The third-order valence-electron chi connectivity index (χ3n) is 8.42. The Bertz CT molecular complexity index is 844. The van der Waals surface area contributed by atoms with Gasteiger partial charge in [0.15, 0.2) is 11.5 Å². The molecule has 4 atom stereocenters. The molecule has 1 heterocycles. The Morgan fingerprint density at radius 3 is 2.71 bits per heavy atom. The fraction of sp³-hybridized carbons (Fsp3) is 0.741. The van der Waals surface area contributed by atoms with E-state index < -0.39 is 5.60 Å². The van der Waals surface area contributed by atoms with Gasteiger partial charge in [-0.2, -0.15) is 0 Å². The van der Waals surface area contributed by atoms with Crippen molar-refractivity contribution in [3.63, 3.8) is 0 Å². The average Bonchev–Trinajstić information content (AvgIpc) is 3.64. The summed E-state index contributed by atoms with van der Waals surface area (Å²) < 4.78 is 5.43. The minimum atomic E-state index is -0.768. The number of hydrogen-bond donors (Lipinski definition) is 3. The van der Waals surface area contributed by atoms with Crippen LogP contribution in [0.3, 0.4) is 0 Å².